The standard InChI is InChI=1S/C11H18N2O2S3/c1-8-9(2)16-4-3-13(8)18(14,15)11-5-10(6-12)17-7-11/h5,7-9H,3-4,6,12H2,1-2H3. The molecule has 1 fully saturated rings. The van der Waals surface area contributed by atoms with Crippen LogP contribution < -0.4 is 5.73 Å². The van der Waals surface area contributed by atoms with E-state index in [4.69, 9.17) is 5.73 Å². The molecule has 0 bridgehead atoms. The average Bonchev–Trinajstić information content (AvgIpc) is 2.81. The van der Waals surface area contributed by atoms with Crippen LogP contribution in [0, 0.1) is 0 Å². The van der Waals surface area contributed by atoms with Gasteiger partial charge in [0.05, 0.1) is 4.90 Å². The topological polar surface area (TPSA) is 63.4 Å². The van der Waals surface area contributed by atoms with Gasteiger partial charge < -0.3 is 5.73 Å². The van der Waals surface area contributed by atoms with Gasteiger partial charge in [-0.05, 0) is 13.0 Å². The number of nitrogens with zero attached hydrogens (tertiary/aromatic N) is 1. The second-order valence-electron chi connectivity index (χ2n) is 4.39. The molecule has 0 amide bonds. The Kier molecular flexibility index (Phi) is 4.38. The van der Waals surface area contributed by atoms with Crippen molar-refractivity contribution in [2.24, 2.45) is 5.73 Å². The third kappa shape index (κ3) is 2.60. The van der Waals surface area contributed by atoms with Gasteiger partial charge in [0.1, 0.15) is 0 Å². The van der Waals surface area contributed by atoms with Crippen LogP contribution >= 0.6 is 23.1 Å². The quantitative estimate of drug-likeness (QED) is 0.923. The van der Waals surface area contributed by atoms with Crippen molar-refractivity contribution in [1.82, 2.24) is 4.31 Å². The Morgan fingerprint density at radius 1 is 1.50 bits per heavy atom. The largest absolute Gasteiger partial charge is 0.326 e. The van der Waals surface area contributed by atoms with Gasteiger partial charge in [-0.2, -0.15) is 16.1 Å². The Morgan fingerprint density at radius 2 is 2.22 bits per heavy atom. The maximum absolute atomic E-state index is 12.6. The molecule has 1 aromatic rings. The number of sulfonamides is 1. The summed E-state index contributed by atoms with van der Waals surface area (Å²) in [5, 5.41) is 2.03. The highest BCUT2D eigenvalue weighted by Crippen LogP contribution is 2.30. The van der Waals surface area contributed by atoms with Crippen LogP contribution in [0.1, 0.15) is 18.7 Å². The summed E-state index contributed by atoms with van der Waals surface area (Å²) in [6.07, 6.45) is 0. The first-order valence-electron chi connectivity index (χ1n) is 5.87. The smallest absolute Gasteiger partial charge is 0.244 e. The van der Waals surface area contributed by atoms with E-state index in [0.29, 0.717) is 23.2 Å². The molecule has 1 saturated heterocycles. The Bertz CT molecular complexity index is 512. The zero-order valence-electron chi connectivity index (χ0n) is 10.5. The molecule has 7 heteroatoms. The van der Waals surface area contributed by atoms with Gasteiger partial charge in [0.25, 0.3) is 0 Å². The highest BCUT2D eigenvalue weighted by atomic mass is 32.2. The lowest BCUT2D eigenvalue weighted by Gasteiger charge is -2.36. The Labute approximate surface area is 117 Å². The average molecular weight is 306 g/mol. The molecule has 0 saturated carbocycles. The van der Waals surface area contributed by atoms with Crippen LogP contribution in [-0.4, -0.2) is 36.3 Å². The van der Waals surface area contributed by atoms with Gasteiger partial charge in [-0.3, -0.25) is 0 Å². The van der Waals surface area contributed by atoms with Crippen molar-refractivity contribution in [1.29, 1.82) is 0 Å². The van der Waals surface area contributed by atoms with E-state index in [-0.39, 0.29) is 6.04 Å². The van der Waals surface area contributed by atoms with Gasteiger partial charge in [-0.25, -0.2) is 8.42 Å². The minimum atomic E-state index is -3.36. The van der Waals surface area contributed by atoms with E-state index in [2.05, 4.69) is 6.92 Å². The molecule has 1 aromatic heterocycles. The van der Waals surface area contributed by atoms with E-state index in [9.17, 15) is 8.42 Å². The fourth-order valence-corrected chi connectivity index (χ4v) is 6.12. The van der Waals surface area contributed by atoms with Crippen LogP contribution in [0.4, 0.5) is 0 Å². The van der Waals surface area contributed by atoms with E-state index in [1.54, 1.807) is 15.8 Å². The molecular weight excluding hydrogens is 288 g/mol. The minimum Gasteiger partial charge on any atom is -0.326 e. The molecule has 102 valence electrons. The van der Waals surface area contributed by atoms with Gasteiger partial charge in [-0.15, -0.1) is 11.3 Å². The number of nitrogens with two attached hydrogens (primary N) is 1. The summed E-state index contributed by atoms with van der Waals surface area (Å²) in [7, 11) is -3.36. The first-order chi connectivity index (χ1) is 8.46. The number of rotatable bonds is 3. The lowest BCUT2D eigenvalue weighted by molar-refractivity contribution is 0.340. The molecule has 0 spiro atoms. The number of thiophene rings is 1. The molecular formula is C11H18N2O2S3. The lowest BCUT2D eigenvalue weighted by atomic mass is 10.2. The third-order valence-corrected chi connectivity index (χ3v) is 7.67. The van der Waals surface area contributed by atoms with Gasteiger partial charge in [0.15, 0.2) is 0 Å². The second kappa shape index (κ2) is 5.50. The molecule has 4 nitrogen and oxygen atoms in total. The first kappa shape index (κ1) is 14.3. The zero-order chi connectivity index (χ0) is 13.3. The van der Waals surface area contributed by atoms with Gasteiger partial charge in [0, 0.05) is 40.4 Å². The molecule has 0 radical (unpaired) electrons. The maximum atomic E-state index is 12.6. The summed E-state index contributed by atoms with van der Waals surface area (Å²) in [5.74, 6) is 0.860. The van der Waals surface area contributed by atoms with Crippen molar-refractivity contribution in [3.05, 3.63) is 16.3 Å². The molecule has 0 aliphatic carbocycles. The Hall–Kier alpha value is -0.0800. The summed E-state index contributed by atoms with van der Waals surface area (Å²) < 4.78 is 26.7. The van der Waals surface area contributed by atoms with Crippen molar-refractivity contribution in [3.63, 3.8) is 0 Å². The van der Waals surface area contributed by atoms with Crippen LogP contribution in [0.15, 0.2) is 16.3 Å². The third-order valence-electron chi connectivity index (χ3n) is 3.26. The van der Waals surface area contributed by atoms with E-state index in [1.807, 2.05) is 18.7 Å². The van der Waals surface area contributed by atoms with Crippen molar-refractivity contribution in [2.75, 3.05) is 12.3 Å². The summed E-state index contributed by atoms with van der Waals surface area (Å²) >= 11 is 3.23. The summed E-state index contributed by atoms with van der Waals surface area (Å²) in [6, 6.07) is 1.73. The minimum absolute atomic E-state index is 0.0370. The fourth-order valence-electron chi connectivity index (χ4n) is 1.98. The molecule has 1 aliphatic heterocycles. The van der Waals surface area contributed by atoms with Gasteiger partial charge >= 0.3 is 0 Å². The highest BCUT2D eigenvalue weighted by molar-refractivity contribution is 8.00. The molecule has 2 rings (SSSR count). The van der Waals surface area contributed by atoms with E-state index in [1.165, 1.54) is 11.3 Å². The SMILES string of the molecule is CC1SCCN(S(=O)(=O)c2csc(CN)c2)C1C. The monoisotopic (exact) mass is 306 g/mol. The van der Waals surface area contributed by atoms with Crippen LogP contribution in [0.25, 0.3) is 0 Å². The number of hydrogen-bond donors (Lipinski definition) is 1. The Balaban J connectivity index is 2.30. The van der Waals surface area contributed by atoms with Crippen LogP contribution in [-0.2, 0) is 16.6 Å². The highest BCUT2D eigenvalue weighted by Gasteiger charge is 2.35. The molecule has 2 heterocycles. The number of thioether (sulfide) groups is 1. The van der Waals surface area contributed by atoms with Crippen LogP contribution in [0.5, 0.6) is 0 Å². The first-order valence-corrected chi connectivity index (χ1v) is 9.24. The van der Waals surface area contributed by atoms with Crippen molar-refractivity contribution >= 4 is 33.1 Å². The molecule has 2 unspecified atom stereocenters. The van der Waals surface area contributed by atoms with Gasteiger partial charge in [-0.1, -0.05) is 6.92 Å². The fraction of sp³-hybridized carbons (Fsp3) is 0.636. The normalized spacial score (nSPS) is 26.4. The van der Waals surface area contributed by atoms with E-state index in [0.717, 1.165) is 10.6 Å². The van der Waals surface area contributed by atoms with Crippen molar-refractivity contribution in [3.8, 4) is 0 Å². The van der Waals surface area contributed by atoms with Crippen LogP contribution in [0.3, 0.4) is 0 Å². The molecule has 18 heavy (non-hydrogen) atoms. The van der Waals surface area contributed by atoms with Crippen LogP contribution in [0.2, 0.25) is 0 Å². The van der Waals surface area contributed by atoms with E-state index < -0.39 is 10.0 Å². The second-order valence-corrected chi connectivity index (χ2v) is 8.76. The van der Waals surface area contributed by atoms with Crippen molar-refractivity contribution in [2.45, 2.75) is 36.6 Å². The maximum Gasteiger partial charge on any atom is 0.244 e. The Morgan fingerprint density at radius 3 is 2.83 bits per heavy atom. The molecule has 2 atom stereocenters. The lowest BCUT2D eigenvalue weighted by Crippen LogP contribution is -2.47. The zero-order valence-corrected chi connectivity index (χ0v) is 12.9. The number of hydrogen-bond acceptors (Lipinski definition) is 5. The van der Waals surface area contributed by atoms with E-state index >= 15 is 0 Å². The molecule has 0 aromatic carbocycles. The predicted octanol–water partition coefficient (Wildman–Crippen LogP) is 1.72. The summed E-state index contributed by atoms with van der Waals surface area (Å²) in [5.41, 5.74) is 5.53. The predicted molar refractivity (Wildman–Crippen MR) is 77.5 cm³/mol. The summed E-state index contributed by atoms with van der Waals surface area (Å²) in [4.78, 5) is 1.29. The molecule has 1 aliphatic rings. The molecule has 2 N–H and O–H groups in total. The van der Waals surface area contributed by atoms with Crippen molar-refractivity contribution < 1.29 is 8.42 Å². The summed E-state index contributed by atoms with van der Waals surface area (Å²) in [6.45, 7) is 5.04. The van der Waals surface area contributed by atoms with Gasteiger partial charge in [0.2, 0.25) is 10.0 Å².